The molecule has 0 unspecified atom stereocenters. The van der Waals surface area contributed by atoms with E-state index in [1.165, 1.54) is 6.08 Å². The maximum Gasteiger partial charge on any atom is 0.186 e. The van der Waals surface area contributed by atoms with Gasteiger partial charge >= 0.3 is 0 Å². The van der Waals surface area contributed by atoms with Crippen molar-refractivity contribution in [2.24, 2.45) is 0 Å². The van der Waals surface area contributed by atoms with Gasteiger partial charge in [-0.3, -0.25) is 0 Å². The highest BCUT2D eigenvalue weighted by molar-refractivity contribution is 5.81. The molecular formula is C12H13NO2. The maximum absolute atomic E-state index is 9.30. The van der Waals surface area contributed by atoms with Gasteiger partial charge in [0.2, 0.25) is 0 Å². The normalized spacial score (nSPS) is 18.7. The van der Waals surface area contributed by atoms with Crippen molar-refractivity contribution < 1.29 is 10.2 Å². The molecule has 0 spiro atoms. The zero-order valence-electron chi connectivity index (χ0n) is 8.22. The fraction of sp³-hybridized carbons (Fsp3) is 0.167. The van der Waals surface area contributed by atoms with Gasteiger partial charge in [-0.1, -0.05) is 30.4 Å². The van der Waals surface area contributed by atoms with Gasteiger partial charge in [0.05, 0.1) is 0 Å². The van der Waals surface area contributed by atoms with Crippen LogP contribution in [0.3, 0.4) is 0 Å². The zero-order chi connectivity index (χ0) is 10.9. The van der Waals surface area contributed by atoms with Gasteiger partial charge in [-0.25, -0.2) is 0 Å². The minimum absolute atomic E-state index is 0.188. The van der Waals surface area contributed by atoms with Crippen molar-refractivity contribution in [1.82, 2.24) is 0 Å². The molecule has 0 fully saturated rings. The first-order valence-corrected chi connectivity index (χ1v) is 4.77. The van der Waals surface area contributed by atoms with E-state index in [1.54, 1.807) is 12.2 Å². The highest BCUT2D eigenvalue weighted by atomic mass is 16.5. The fourth-order valence-corrected chi connectivity index (χ4v) is 1.58. The van der Waals surface area contributed by atoms with Gasteiger partial charge in [-0.15, -0.1) is 0 Å². The first-order valence-electron chi connectivity index (χ1n) is 4.77. The molecule has 0 atom stereocenters. The molecule has 0 saturated carbocycles. The number of para-hydroxylation sites is 1. The number of benzene rings is 1. The Hall–Kier alpha value is -1.58. The van der Waals surface area contributed by atoms with Crippen LogP contribution < -0.4 is 5.73 Å². The molecule has 4 N–H and O–H groups in total. The molecule has 0 saturated heterocycles. The maximum atomic E-state index is 9.30. The summed E-state index contributed by atoms with van der Waals surface area (Å²) in [7, 11) is 0. The van der Waals surface area contributed by atoms with Crippen LogP contribution in [-0.2, 0) is 0 Å². The lowest BCUT2D eigenvalue weighted by Crippen LogP contribution is -2.25. The van der Waals surface area contributed by atoms with Crippen molar-refractivity contribution in [2.75, 3.05) is 5.73 Å². The van der Waals surface area contributed by atoms with E-state index in [9.17, 15) is 10.2 Å². The average Bonchev–Trinajstić information content (AvgIpc) is 2.19. The summed E-state index contributed by atoms with van der Waals surface area (Å²) < 4.78 is 0. The van der Waals surface area contributed by atoms with Gasteiger partial charge in [-0.2, -0.15) is 0 Å². The predicted octanol–water partition coefficient (Wildman–Crippen LogP) is 1.29. The summed E-state index contributed by atoms with van der Waals surface area (Å²) in [6.45, 7) is 0. The van der Waals surface area contributed by atoms with E-state index in [2.05, 4.69) is 0 Å². The fourth-order valence-electron chi connectivity index (χ4n) is 1.58. The molecule has 0 heterocycles. The van der Waals surface area contributed by atoms with Crippen LogP contribution in [0.2, 0.25) is 0 Å². The third kappa shape index (κ3) is 2.09. The second-order valence-electron chi connectivity index (χ2n) is 3.66. The number of rotatable bonds is 1. The summed E-state index contributed by atoms with van der Waals surface area (Å²) in [6, 6.07) is 7.51. The Morgan fingerprint density at radius 3 is 2.53 bits per heavy atom. The molecule has 1 aliphatic carbocycles. The van der Waals surface area contributed by atoms with Gasteiger partial charge in [-0.05, 0) is 17.7 Å². The Morgan fingerprint density at radius 1 is 1.20 bits per heavy atom. The third-order valence-corrected chi connectivity index (χ3v) is 2.42. The van der Waals surface area contributed by atoms with E-state index in [0.29, 0.717) is 5.69 Å². The number of hydrogen-bond donors (Lipinski definition) is 3. The largest absolute Gasteiger partial charge is 0.398 e. The van der Waals surface area contributed by atoms with Crippen molar-refractivity contribution in [1.29, 1.82) is 0 Å². The molecule has 0 bridgehead atoms. The predicted molar refractivity (Wildman–Crippen MR) is 59.8 cm³/mol. The number of aliphatic hydroxyl groups is 2. The summed E-state index contributed by atoms with van der Waals surface area (Å²) in [5, 5.41) is 18.6. The molecule has 2 rings (SSSR count). The molecule has 1 aromatic rings. The molecule has 1 aliphatic rings. The Bertz CT molecular complexity index is 433. The van der Waals surface area contributed by atoms with E-state index in [4.69, 9.17) is 5.73 Å². The van der Waals surface area contributed by atoms with Crippen molar-refractivity contribution in [3.05, 3.63) is 48.1 Å². The molecule has 78 valence electrons. The SMILES string of the molecule is Nc1ccccc1C1=CCC(O)(O)C=C1. The molecule has 0 aromatic heterocycles. The summed E-state index contributed by atoms with van der Waals surface area (Å²) in [6.07, 6.45) is 5.00. The lowest BCUT2D eigenvalue weighted by Gasteiger charge is -2.20. The highest BCUT2D eigenvalue weighted by Crippen LogP contribution is 2.28. The van der Waals surface area contributed by atoms with Crippen LogP contribution in [0.4, 0.5) is 5.69 Å². The van der Waals surface area contributed by atoms with Gasteiger partial charge in [0.15, 0.2) is 5.79 Å². The van der Waals surface area contributed by atoms with Crippen LogP contribution in [-0.4, -0.2) is 16.0 Å². The Morgan fingerprint density at radius 2 is 1.93 bits per heavy atom. The molecule has 0 amide bonds. The Kier molecular flexibility index (Phi) is 2.34. The molecule has 3 heteroatoms. The Balaban J connectivity index is 2.32. The summed E-state index contributed by atoms with van der Waals surface area (Å²) in [5.41, 5.74) is 8.35. The minimum Gasteiger partial charge on any atom is -0.398 e. The van der Waals surface area contributed by atoms with E-state index < -0.39 is 5.79 Å². The van der Waals surface area contributed by atoms with Crippen LogP contribution in [0.5, 0.6) is 0 Å². The number of nitrogens with two attached hydrogens (primary N) is 1. The van der Waals surface area contributed by atoms with Crippen molar-refractivity contribution in [3.63, 3.8) is 0 Å². The summed E-state index contributed by atoms with van der Waals surface area (Å²) in [5.74, 6) is -1.72. The number of anilines is 1. The number of allylic oxidation sites excluding steroid dienone is 2. The molecule has 3 nitrogen and oxygen atoms in total. The van der Waals surface area contributed by atoms with Crippen LogP contribution in [0.15, 0.2) is 42.5 Å². The molecule has 0 radical (unpaired) electrons. The Labute approximate surface area is 88.2 Å². The van der Waals surface area contributed by atoms with Crippen LogP contribution in [0, 0.1) is 0 Å². The highest BCUT2D eigenvalue weighted by Gasteiger charge is 2.21. The lowest BCUT2D eigenvalue weighted by molar-refractivity contribution is -0.114. The van der Waals surface area contributed by atoms with E-state index >= 15 is 0 Å². The topological polar surface area (TPSA) is 66.5 Å². The number of nitrogen functional groups attached to an aromatic ring is 1. The molecule has 15 heavy (non-hydrogen) atoms. The molecule has 0 aliphatic heterocycles. The smallest absolute Gasteiger partial charge is 0.186 e. The molecule has 1 aromatic carbocycles. The second-order valence-corrected chi connectivity index (χ2v) is 3.66. The van der Waals surface area contributed by atoms with E-state index in [1.807, 2.05) is 24.3 Å². The van der Waals surface area contributed by atoms with E-state index in [-0.39, 0.29) is 6.42 Å². The van der Waals surface area contributed by atoms with Crippen molar-refractivity contribution in [2.45, 2.75) is 12.2 Å². The minimum atomic E-state index is -1.72. The monoisotopic (exact) mass is 203 g/mol. The van der Waals surface area contributed by atoms with Gasteiger partial charge in [0.25, 0.3) is 0 Å². The first-order chi connectivity index (χ1) is 7.08. The van der Waals surface area contributed by atoms with E-state index in [0.717, 1.165) is 11.1 Å². The lowest BCUT2D eigenvalue weighted by atomic mass is 9.96. The first kappa shape index (κ1) is 9.96. The second kappa shape index (κ2) is 3.53. The third-order valence-electron chi connectivity index (χ3n) is 2.42. The average molecular weight is 203 g/mol. The van der Waals surface area contributed by atoms with Crippen molar-refractivity contribution in [3.8, 4) is 0 Å². The van der Waals surface area contributed by atoms with Crippen LogP contribution in [0.25, 0.3) is 5.57 Å². The van der Waals surface area contributed by atoms with Crippen LogP contribution >= 0.6 is 0 Å². The number of hydrogen-bond acceptors (Lipinski definition) is 3. The van der Waals surface area contributed by atoms with Gasteiger partial charge in [0, 0.05) is 17.7 Å². The van der Waals surface area contributed by atoms with Gasteiger partial charge < -0.3 is 15.9 Å². The van der Waals surface area contributed by atoms with Crippen LogP contribution in [0.1, 0.15) is 12.0 Å². The summed E-state index contributed by atoms with van der Waals surface area (Å²) in [4.78, 5) is 0. The standard InChI is InChI=1S/C12H13NO2/c13-11-4-2-1-3-10(11)9-5-7-12(14,15)8-6-9/h1-7,14-15H,8,13H2. The summed E-state index contributed by atoms with van der Waals surface area (Å²) >= 11 is 0. The molecular weight excluding hydrogens is 190 g/mol. The quantitative estimate of drug-likeness (QED) is 0.476. The van der Waals surface area contributed by atoms with Gasteiger partial charge in [0.1, 0.15) is 0 Å². The van der Waals surface area contributed by atoms with Crippen molar-refractivity contribution >= 4 is 11.3 Å². The zero-order valence-corrected chi connectivity index (χ0v) is 8.22.